The van der Waals surface area contributed by atoms with E-state index >= 15 is 0 Å². The van der Waals surface area contributed by atoms with Crippen molar-refractivity contribution in [2.24, 2.45) is 0 Å². The molecule has 16 heteroatoms. The predicted molar refractivity (Wildman–Crippen MR) is 232 cm³/mol. The summed E-state index contributed by atoms with van der Waals surface area (Å²) < 4.78 is 24.7. The Morgan fingerprint density at radius 2 is 1.70 bits per heavy atom. The van der Waals surface area contributed by atoms with Gasteiger partial charge in [-0.2, -0.15) is 0 Å². The highest BCUT2D eigenvalue weighted by molar-refractivity contribution is 7.70. The number of methoxy groups -OCH3 is 1. The van der Waals surface area contributed by atoms with Gasteiger partial charge in [0.05, 0.1) is 35.6 Å². The zero-order valence-electron chi connectivity index (χ0n) is 34.6. The maximum absolute atomic E-state index is 13.3. The minimum atomic E-state index is -2.49. The maximum Gasteiger partial charge on any atom is 0.266 e. The summed E-state index contributed by atoms with van der Waals surface area (Å²) in [4.78, 5) is 75.7. The molecule has 320 valence electrons. The van der Waals surface area contributed by atoms with Crippen LogP contribution in [0.1, 0.15) is 94.7 Å². The standard InChI is InChI=1S/C45H50ClN6O8P/c1-59-37-26-31(16-15-28(37)25-39-47-27-33(46)34(49-39)24-29-10-6-7-13-38(29)61(2,3)58)51-21-19-30(20-22-51)48-40(53)14-5-4-8-23-60-36-12-9-11-32-42(36)45(57)52(44(32)56)35-17-18-41(54)50-43(35)55/h6-7,9-13,15-16,26-27,30,35H,4-5,8,14,17-25H2,1-3H3,(H,48,53)(H,50,54,55). The van der Waals surface area contributed by atoms with Crippen LogP contribution in [0, 0.1) is 0 Å². The normalized spacial score (nSPS) is 17.0. The summed E-state index contributed by atoms with van der Waals surface area (Å²) in [6.07, 6.45) is 6.69. The Morgan fingerprint density at radius 1 is 0.918 bits per heavy atom. The number of aromatic nitrogens is 2. The molecule has 3 aliphatic heterocycles. The van der Waals surface area contributed by atoms with Crippen LogP contribution >= 0.6 is 18.7 Å². The summed E-state index contributed by atoms with van der Waals surface area (Å²) in [7, 11) is -0.843. The molecule has 0 aliphatic carbocycles. The monoisotopic (exact) mass is 868 g/mol. The number of carbonyl (C=O) groups is 5. The fourth-order valence-corrected chi connectivity index (χ4v) is 9.65. The molecule has 2 fully saturated rings. The Kier molecular flexibility index (Phi) is 13.5. The number of fused-ring (bicyclic) bond motifs is 1. The lowest BCUT2D eigenvalue weighted by atomic mass is 10.0. The molecular weight excluding hydrogens is 819 g/mol. The topological polar surface area (TPSA) is 177 Å². The van der Waals surface area contributed by atoms with Crippen LogP contribution in [0.2, 0.25) is 5.02 Å². The molecule has 0 bridgehead atoms. The minimum Gasteiger partial charge on any atom is -0.496 e. The summed E-state index contributed by atoms with van der Waals surface area (Å²) in [6, 6.07) is 17.7. The van der Waals surface area contributed by atoms with Crippen LogP contribution in [0.3, 0.4) is 0 Å². The number of nitrogens with one attached hydrogen (secondary N) is 2. The molecule has 1 aromatic heterocycles. The van der Waals surface area contributed by atoms with Crippen molar-refractivity contribution in [1.82, 2.24) is 25.5 Å². The molecule has 7 rings (SSSR count). The van der Waals surface area contributed by atoms with Gasteiger partial charge in [0.2, 0.25) is 17.7 Å². The number of halogens is 1. The lowest BCUT2D eigenvalue weighted by Gasteiger charge is -2.34. The number of rotatable bonds is 16. The summed E-state index contributed by atoms with van der Waals surface area (Å²) in [5, 5.41) is 6.68. The summed E-state index contributed by atoms with van der Waals surface area (Å²) in [5.41, 5.74) is 3.88. The molecule has 0 radical (unpaired) electrons. The van der Waals surface area contributed by atoms with E-state index in [1.807, 2.05) is 36.4 Å². The van der Waals surface area contributed by atoms with E-state index in [1.54, 1.807) is 38.8 Å². The van der Waals surface area contributed by atoms with Crippen LogP contribution in [-0.2, 0) is 31.8 Å². The molecule has 4 aromatic rings. The van der Waals surface area contributed by atoms with Crippen molar-refractivity contribution >= 4 is 59.3 Å². The van der Waals surface area contributed by atoms with E-state index in [9.17, 15) is 28.5 Å². The van der Waals surface area contributed by atoms with Gasteiger partial charge >= 0.3 is 0 Å². The van der Waals surface area contributed by atoms with E-state index in [4.69, 9.17) is 26.1 Å². The van der Waals surface area contributed by atoms with E-state index in [2.05, 4.69) is 26.6 Å². The van der Waals surface area contributed by atoms with Gasteiger partial charge < -0.3 is 24.3 Å². The number of amides is 5. The van der Waals surface area contributed by atoms with Gasteiger partial charge in [0.15, 0.2) is 0 Å². The molecule has 0 saturated carbocycles. The first-order valence-electron chi connectivity index (χ1n) is 20.6. The summed E-state index contributed by atoms with van der Waals surface area (Å²) in [5.74, 6) is -0.655. The first-order valence-corrected chi connectivity index (χ1v) is 23.6. The molecule has 3 aliphatic rings. The summed E-state index contributed by atoms with van der Waals surface area (Å²) in [6.45, 7) is 5.37. The highest BCUT2D eigenvalue weighted by atomic mass is 35.5. The van der Waals surface area contributed by atoms with Crippen molar-refractivity contribution in [3.8, 4) is 11.5 Å². The number of ether oxygens (including phenoxy) is 2. The van der Waals surface area contributed by atoms with Gasteiger partial charge in [-0.3, -0.25) is 34.2 Å². The van der Waals surface area contributed by atoms with Gasteiger partial charge in [0.25, 0.3) is 11.8 Å². The molecule has 4 heterocycles. The first kappa shape index (κ1) is 43.5. The first-order chi connectivity index (χ1) is 29.3. The van der Waals surface area contributed by atoms with Crippen molar-refractivity contribution in [1.29, 1.82) is 0 Å². The molecule has 3 aromatic carbocycles. The van der Waals surface area contributed by atoms with E-state index in [-0.39, 0.29) is 48.3 Å². The molecule has 0 spiro atoms. The van der Waals surface area contributed by atoms with Crippen LogP contribution in [0.5, 0.6) is 11.5 Å². The van der Waals surface area contributed by atoms with Crippen molar-refractivity contribution in [3.63, 3.8) is 0 Å². The van der Waals surface area contributed by atoms with Crippen LogP contribution < -0.4 is 30.3 Å². The Morgan fingerprint density at radius 3 is 2.46 bits per heavy atom. The number of benzene rings is 3. The molecule has 1 unspecified atom stereocenters. The molecule has 5 amide bonds. The van der Waals surface area contributed by atoms with E-state index in [0.717, 1.165) is 65.1 Å². The third kappa shape index (κ3) is 10.1. The Balaban J connectivity index is 0.840. The Labute approximate surface area is 360 Å². The average Bonchev–Trinajstić information content (AvgIpc) is 3.49. The zero-order chi connectivity index (χ0) is 43.3. The van der Waals surface area contributed by atoms with Gasteiger partial charge in [-0.1, -0.05) is 48.0 Å². The van der Waals surface area contributed by atoms with Crippen LogP contribution in [0.25, 0.3) is 0 Å². The molecule has 14 nitrogen and oxygen atoms in total. The second-order valence-electron chi connectivity index (χ2n) is 16.0. The number of unbranched alkanes of at least 4 members (excludes halogenated alkanes) is 2. The lowest BCUT2D eigenvalue weighted by Crippen LogP contribution is -2.54. The highest BCUT2D eigenvalue weighted by Crippen LogP contribution is 2.37. The van der Waals surface area contributed by atoms with Gasteiger partial charge in [-0.25, -0.2) is 9.97 Å². The second-order valence-corrected chi connectivity index (χ2v) is 19.6. The van der Waals surface area contributed by atoms with Gasteiger partial charge in [0.1, 0.15) is 30.5 Å². The van der Waals surface area contributed by atoms with Crippen LogP contribution in [0.15, 0.2) is 66.9 Å². The second kappa shape index (κ2) is 19.0. The smallest absolute Gasteiger partial charge is 0.266 e. The number of anilines is 1. The number of hydrogen-bond donors (Lipinski definition) is 2. The highest BCUT2D eigenvalue weighted by Gasteiger charge is 2.46. The number of nitrogens with zero attached hydrogens (tertiary/aromatic N) is 4. The van der Waals surface area contributed by atoms with Gasteiger partial charge in [-0.05, 0) is 75.6 Å². The average molecular weight is 869 g/mol. The number of piperidine rings is 2. The van der Waals surface area contributed by atoms with Gasteiger partial charge in [-0.15, -0.1) is 0 Å². The van der Waals surface area contributed by atoms with E-state index in [0.29, 0.717) is 48.6 Å². The Bertz CT molecular complexity index is 2400. The number of imide groups is 2. The quantitative estimate of drug-likeness (QED) is 0.0804. The lowest BCUT2D eigenvalue weighted by molar-refractivity contribution is -0.136. The zero-order valence-corrected chi connectivity index (χ0v) is 36.2. The third-order valence-corrected chi connectivity index (χ3v) is 13.3. The van der Waals surface area contributed by atoms with E-state index < -0.39 is 36.8 Å². The molecule has 61 heavy (non-hydrogen) atoms. The predicted octanol–water partition coefficient (Wildman–Crippen LogP) is 5.69. The number of hydrogen-bond acceptors (Lipinski definition) is 11. The summed E-state index contributed by atoms with van der Waals surface area (Å²) >= 11 is 6.54. The fourth-order valence-electron chi connectivity index (χ4n) is 8.20. The molecule has 2 saturated heterocycles. The van der Waals surface area contributed by atoms with Crippen molar-refractivity contribution < 1.29 is 38.0 Å². The van der Waals surface area contributed by atoms with Gasteiger partial charge in [0, 0.05) is 73.6 Å². The SMILES string of the molecule is COc1cc(N2CCC(NC(=O)CCCCCOc3cccc4c3C(=O)N(C3CCC(=O)NC3=O)C4=O)CC2)ccc1Cc1ncc(Cl)c(Cc2ccccc2P(C)(C)=O)n1. The van der Waals surface area contributed by atoms with Crippen molar-refractivity contribution in [2.45, 2.75) is 76.3 Å². The number of carbonyl (C=O) groups excluding carboxylic acids is 5. The third-order valence-electron chi connectivity index (χ3n) is 11.4. The fraction of sp³-hybridized carbons (Fsp3) is 0.400. The Hall–Kier alpha value is -5.59. The molecule has 1 atom stereocenters. The minimum absolute atomic E-state index is 0.0106. The van der Waals surface area contributed by atoms with E-state index in [1.165, 1.54) is 6.07 Å². The largest absolute Gasteiger partial charge is 0.496 e. The van der Waals surface area contributed by atoms with Crippen LogP contribution in [0.4, 0.5) is 5.69 Å². The maximum atomic E-state index is 13.3. The van der Waals surface area contributed by atoms with Crippen molar-refractivity contribution in [3.05, 3.63) is 106 Å². The van der Waals surface area contributed by atoms with Crippen LogP contribution in [-0.4, -0.2) is 96.6 Å². The molecule has 2 N–H and O–H groups in total. The molecular formula is C45H50ClN6O8P. The van der Waals surface area contributed by atoms with Crippen molar-refractivity contribution in [2.75, 3.05) is 45.0 Å².